The SMILES string of the molecule is CCC1OCCCC1C(=O)N1CCN(c2cnn(C)c2)C(=O)C1. The fourth-order valence-electron chi connectivity index (χ4n) is 3.44. The van der Waals surface area contributed by atoms with E-state index in [1.807, 2.05) is 20.2 Å². The number of nitrogens with zero attached hydrogens (tertiary/aromatic N) is 4. The second-order valence-corrected chi connectivity index (χ2v) is 6.24. The van der Waals surface area contributed by atoms with Gasteiger partial charge in [0.2, 0.25) is 11.8 Å². The number of amides is 2. The van der Waals surface area contributed by atoms with E-state index in [9.17, 15) is 9.59 Å². The molecule has 1 aromatic rings. The van der Waals surface area contributed by atoms with Crippen LogP contribution in [-0.2, 0) is 21.4 Å². The van der Waals surface area contributed by atoms with E-state index in [-0.39, 0.29) is 30.4 Å². The summed E-state index contributed by atoms with van der Waals surface area (Å²) in [7, 11) is 1.82. The molecule has 1 aromatic heterocycles. The first-order valence-electron chi connectivity index (χ1n) is 8.29. The van der Waals surface area contributed by atoms with Gasteiger partial charge in [0.05, 0.1) is 23.9 Å². The molecule has 0 bridgehead atoms. The number of rotatable bonds is 3. The lowest BCUT2D eigenvalue weighted by molar-refractivity contribution is -0.148. The van der Waals surface area contributed by atoms with Crippen LogP contribution in [0.2, 0.25) is 0 Å². The number of carbonyl (C=O) groups excluding carboxylic acids is 2. The summed E-state index contributed by atoms with van der Waals surface area (Å²) < 4.78 is 7.39. The predicted molar refractivity (Wildman–Crippen MR) is 84.9 cm³/mol. The van der Waals surface area contributed by atoms with Gasteiger partial charge < -0.3 is 14.5 Å². The molecule has 2 aliphatic heterocycles. The average molecular weight is 320 g/mol. The summed E-state index contributed by atoms with van der Waals surface area (Å²) in [6.45, 7) is 3.99. The van der Waals surface area contributed by atoms with E-state index in [2.05, 4.69) is 5.10 Å². The van der Waals surface area contributed by atoms with Crippen molar-refractivity contribution in [3.8, 4) is 0 Å². The highest BCUT2D eigenvalue weighted by atomic mass is 16.5. The number of ether oxygens (including phenoxy) is 1. The van der Waals surface area contributed by atoms with E-state index in [1.54, 1.807) is 20.7 Å². The van der Waals surface area contributed by atoms with Crippen molar-refractivity contribution in [2.24, 2.45) is 13.0 Å². The Morgan fingerprint density at radius 1 is 1.43 bits per heavy atom. The second-order valence-electron chi connectivity index (χ2n) is 6.24. The van der Waals surface area contributed by atoms with E-state index in [4.69, 9.17) is 4.74 Å². The molecule has 2 aliphatic rings. The first kappa shape index (κ1) is 16.0. The molecule has 126 valence electrons. The zero-order chi connectivity index (χ0) is 16.4. The normalized spacial score (nSPS) is 25.7. The molecule has 2 amide bonds. The molecule has 3 rings (SSSR count). The Balaban J connectivity index is 1.65. The largest absolute Gasteiger partial charge is 0.377 e. The van der Waals surface area contributed by atoms with Crippen molar-refractivity contribution >= 4 is 17.5 Å². The fraction of sp³-hybridized carbons (Fsp3) is 0.688. The van der Waals surface area contributed by atoms with Gasteiger partial charge in [0.25, 0.3) is 0 Å². The van der Waals surface area contributed by atoms with Crippen molar-refractivity contribution in [2.45, 2.75) is 32.3 Å². The third-order valence-corrected chi connectivity index (χ3v) is 4.70. The number of anilines is 1. The summed E-state index contributed by atoms with van der Waals surface area (Å²) in [5.41, 5.74) is 0.789. The summed E-state index contributed by atoms with van der Waals surface area (Å²) >= 11 is 0. The average Bonchev–Trinajstić information content (AvgIpc) is 3.00. The Morgan fingerprint density at radius 2 is 2.26 bits per heavy atom. The summed E-state index contributed by atoms with van der Waals surface area (Å²) in [4.78, 5) is 28.6. The topological polar surface area (TPSA) is 67.7 Å². The smallest absolute Gasteiger partial charge is 0.246 e. The van der Waals surface area contributed by atoms with Crippen LogP contribution in [0.4, 0.5) is 5.69 Å². The number of aryl methyl sites for hydroxylation is 1. The van der Waals surface area contributed by atoms with Crippen LogP contribution < -0.4 is 4.90 Å². The molecule has 0 N–H and O–H groups in total. The second kappa shape index (κ2) is 6.70. The van der Waals surface area contributed by atoms with Crippen molar-refractivity contribution < 1.29 is 14.3 Å². The zero-order valence-corrected chi connectivity index (χ0v) is 13.8. The van der Waals surface area contributed by atoms with Gasteiger partial charge in [0, 0.05) is 32.9 Å². The number of hydrogen-bond acceptors (Lipinski definition) is 4. The molecule has 2 atom stereocenters. The highest BCUT2D eigenvalue weighted by Crippen LogP contribution is 2.26. The van der Waals surface area contributed by atoms with Crippen LogP contribution in [0.15, 0.2) is 12.4 Å². The zero-order valence-electron chi connectivity index (χ0n) is 13.8. The number of aromatic nitrogens is 2. The van der Waals surface area contributed by atoms with Crippen LogP contribution in [0.3, 0.4) is 0 Å². The van der Waals surface area contributed by atoms with Gasteiger partial charge in [-0.05, 0) is 19.3 Å². The lowest BCUT2D eigenvalue weighted by Gasteiger charge is -2.38. The molecule has 0 aromatic carbocycles. The van der Waals surface area contributed by atoms with Crippen molar-refractivity contribution in [2.75, 3.05) is 31.1 Å². The van der Waals surface area contributed by atoms with Crippen LogP contribution in [0.25, 0.3) is 0 Å². The summed E-state index contributed by atoms with van der Waals surface area (Å²) in [6.07, 6.45) is 6.09. The van der Waals surface area contributed by atoms with Crippen molar-refractivity contribution in [1.29, 1.82) is 0 Å². The molecule has 23 heavy (non-hydrogen) atoms. The highest BCUT2D eigenvalue weighted by molar-refractivity contribution is 5.98. The third-order valence-electron chi connectivity index (χ3n) is 4.70. The fourth-order valence-corrected chi connectivity index (χ4v) is 3.44. The molecule has 2 fully saturated rings. The summed E-state index contributed by atoms with van der Waals surface area (Å²) in [6, 6.07) is 0. The third kappa shape index (κ3) is 3.24. The van der Waals surface area contributed by atoms with Gasteiger partial charge in [-0.3, -0.25) is 14.3 Å². The molecule has 2 saturated heterocycles. The molecule has 2 unspecified atom stereocenters. The standard InChI is InChI=1S/C16H24N4O3/c1-3-14-13(5-4-8-23-14)16(22)19-6-7-20(15(21)11-19)12-9-17-18(2)10-12/h9-10,13-14H,3-8,11H2,1-2H3. The maximum atomic E-state index is 12.8. The molecule has 0 saturated carbocycles. The molecule has 7 heteroatoms. The minimum Gasteiger partial charge on any atom is -0.377 e. The maximum Gasteiger partial charge on any atom is 0.246 e. The van der Waals surface area contributed by atoms with Gasteiger partial charge in [0.1, 0.15) is 6.54 Å². The van der Waals surface area contributed by atoms with Crippen LogP contribution >= 0.6 is 0 Å². The molecule has 0 radical (unpaired) electrons. The Hall–Kier alpha value is -1.89. The van der Waals surface area contributed by atoms with Gasteiger partial charge in [-0.1, -0.05) is 6.92 Å². The molecule has 7 nitrogen and oxygen atoms in total. The Morgan fingerprint density at radius 3 is 2.91 bits per heavy atom. The molecule has 3 heterocycles. The van der Waals surface area contributed by atoms with Gasteiger partial charge in [-0.25, -0.2) is 0 Å². The minimum atomic E-state index is -0.105. The molecular formula is C16H24N4O3. The van der Waals surface area contributed by atoms with Gasteiger partial charge in [-0.15, -0.1) is 0 Å². The number of hydrogen-bond donors (Lipinski definition) is 0. The lowest BCUT2D eigenvalue weighted by Crippen LogP contribution is -2.55. The lowest BCUT2D eigenvalue weighted by atomic mass is 9.91. The van der Waals surface area contributed by atoms with E-state index in [0.29, 0.717) is 13.1 Å². The van der Waals surface area contributed by atoms with Gasteiger partial charge in [0.15, 0.2) is 0 Å². The first-order chi connectivity index (χ1) is 11.1. The van der Waals surface area contributed by atoms with Crippen LogP contribution in [0.5, 0.6) is 0 Å². The Kier molecular flexibility index (Phi) is 4.66. The Bertz CT molecular complexity index is 586. The van der Waals surface area contributed by atoms with E-state index in [0.717, 1.165) is 31.6 Å². The minimum absolute atomic E-state index is 0.0114. The highest BCUT2D eigenvalue weighted by Gasteiger charge is 2.36. The van der Waals surface area contributed by atoms with Crippen LogP contribution in [0.1, 0.15) is 26.2 Å². The first-order valence-corrected chi connectivity index (χ1v) is 8.29. The quantitative estimate of drug-likeness (QED) is 0.826. The van der Waals surface area contributed by atoms with E-state index >= 15 is 0 Å². The van der Waals surface area contributed by atoms with E-state index < -0.39 is 0 Å². The number of carbonyl (C=O) groups is 2. The van der Waals surface area contributed by atoms with Crippen molar-refractivity contribution in [3.05, 3.63) is 12.4 Å². The summed E-state index contributed by atoms with van der Waals surface area (Å²) in [5.74, 6) is -0.0930. The van der Waals surface area contributed by atoms with Crippen LogP contribution in [0, 0.1) is 5.92 Å². The number of piperazine rings is 1. The van der Waals surface area contributed by atoms with Crippen molar-refractivity contribution in [1.82, 2.24) is 14.7 Å². The molecule has 0 spiro atoms. The Labute approximate surface area is 136 Å². The van der Waals surface area contributed by atoms with E-state index in [1.165, 1.54) is 0 Å². The summed E-state index contributed by atoms with van der Waals surface area (Å²) in [5, 5.41) is 4.10. The molecule has 0 aliphatic carbocycles. The predicted octanol–water partition coefficient (Wildman–Crippen LogP) is 0.800. The van der Waals surface area contributed by atoms with Gasteiger partial charge >= 0.3 is 0 Å². The van der Waals surface area contributed by atoms with Gasteiger partial charge in [-0.2, -0.15) is 5.10 Å². The monoisotopic (exact) mass is 320 g/mol. The van der Waals surface area contributed by atoms with Crippen molar-refractivity contribution in [3.63, 3.8) is 0 Å². The maximum absolute atomic E-state index is 12.8. The van der Waals surface area contributed by atoms with Crippen LogP contribution in [-0.4, -0.2) is 58.8 Å². The molecular weight excluding hydrogens is 296 g/mol.